The Kier molecular flexibility index (Phi) is 4.87. The normalized spacial score (nSPS) is 33.2. The standard InChI is InChI=1S/C15H30N2/c1-12(2)14-6-8-17(9-7-14)11-13-4-3-5-15(16)10-13/h12-15H,3-11,16H2,1-2H3. The van der Waals surface area contributed by atoms with E-state index in [0.717, 1.165) is 17.8 Å². The number of rotatable bonds is 3. The van der Waals surface area contributed by atoms with Crippen molar-refractivity contribution in [1.82, 2.24) is 4.90 Å². The monoisotopic (exact) mass is 238 g/mol. The van der Waals surface area contributed by atoms with Crippen LogP contribution in [0.2, 0.25) is 0 Å². The van der Waals surface area contributed by atoms with E-state index in [0.29, 0.717) is 6.04 Å². The van der Waals surface area contributed by atoms with Crippen LogP contribution >= 0.6 is 0 Å². The summed E-state index contributed by atoms with van der Waals surface area (Å²) in [4.78, 5) is 2.70. The first kappa shape index (κ1) is 13.4. The molecular weight excluding hydrogens is 208 g/mol. The number of piperidine rings is 1. The molecule has 1 heterocycles. The number of nitrogens with two attached hydrogens (primary N) is 1. The third-order valence-corrected chi connectivity index (χ3v) is 4.91. The average Bonchev–Trinajstić information content (AvgIpc) is 2.29. The van der Waals surface area contributed by atoms with Gasteiger partial charge in [0.25, 0.3) is 0 Å². The Morgan fingerprint density at radius 3 is 2.41 bits per heavy atom. The second kappa shape index (κ2) is 6.19. The highest BCUT2D eigenvalue weighted by molar-refractivity contribution is 4.80. The first-order chi connectivity index (χ1) is 8.15. The van der Waals surface area contributed by atoms with E-state index in [1.165, 1.54) is 58.2 Å². The van der Waals surface area contributed by atoms with Gasteiger partial charge >= 0.3 is 0 Å². The van der Waals surface area contributed by atoms with E-state index < -0.39 is 0 Å². The highest BCUT2D eigenvalue weighted by Crippen LogP contribution is 2.28. The van der Waals surface area contributed by atoms with E-state index >= 15 is 0 Å². The van der Waals surface area contributed by atoms with E-state index in [1.54, 1.807) is 0 Å². The molecular formula is C15H30N2. The van der Waals surface area contributed by atoms with Gasteiger partial charge in [0.15, 0.2) is 0 Å². The summed E-state index contributed by atoms with van der Waals surface area (Å²) in [6.07, 6.45) is 8.12. The van der Waals surface area contributed by atoms with Gasteiger partial charge in [-0.1, -0.05) is 20.3 Å². The van der Waals surface area contributed by atoms with Crippen molar-refractivity contribution in [3.8, 4) is 0 Å². The predicted molar refractivity (Wildman–Crippen MR) is 73.9 cm³/mol. The van der Waals surface area contributed by atoms with Crippen molar-refractivity contribution in [2.24, 2.45) is 23.5 Å². The van der Waals surface area contributed by atoms with Gasteiger partial charge in [0, 0.05) is 12.6 Å². The predicted octanol–water partition coefficient (Wildman–Crippen LogP) is 2.87. The second-order valence-electron chi connectivity index (χ2n) is 6.67. The zero-order valence-corrected chi connectivity index (χ0v) is 11.7. The Balaban J connectivity index is 1.70. The summed E-state index contributed by atoms with van der Waals surface area (Å²) >= 11 is 0. The van der Waals surface area contributed by atoms with Crippen LogP contribution in [0.5, 0.6) is 0 Å². The fraction of sp³-hybridized carbons (Fsp3) is 1.00. The molecule has 100 valence electrons. The minimum absolute atomic E-state index is 0.488. The summed E-state index contributed by atoms with van der Waals surface area (Å²) in [5.41, 5.74) is 6.07. The van der Waals surface area contributed by atoms with Gasteiger partial charge in [-0.3, -0.25) is 0 Å². The van der Waals surface area contributed by atoms with Gasteiger partial charge < -0.3 is 10.6 Å². The molecule has 1 saturated carbocycles. The third-order valence-electron chi connectivity index (χ3n) is 4.91. The van der Waals surface area contributed by atoms with Crippen LogP contribution in [0.4, 0.5) is 0 Å². The lowest BCUT2D eigenvalue weighted by molar-refractivity contribution is 0.125. The summed E-state index contributed by atoms with van der Waals surface area (Å²) < 4.78 is 0. The smallest absolute Gasteiger partial charge is 0.00419 e. The van der Waals surface area contributed by atoms with Crippen molar-refractivity contribution < 1.29 is 0 Å². The van der Waals surface area contributed by atoms with Crippen LogP contribution in [0, 0.1) is 17.8 Å². The molecule has 2 nitrogen and oxygen atoms in total. The van der Waals surface area contributed by atoms with Crippen LogP contribution in [-0.4, -0.2) is 30.6 Å². The molecule has 0 aromatic carbocycles. The highest BCUT2D eigenvalue weighted by Gasteiger charge is 2.25. The lowest BCUT2D eigenvalue weighted by Crippen LogP contribution is -2.40. The highest BCUT2D eigenvalue weighted by atomic mass is 15.1. The third kappa shape index (κ3) is 3.96. The van der Waals surface area contributed by atoms with E-state index in [2.05, 4.69) is 18.7 Å². The van der Waals surface area contributed by atoms with Crippen molar-refractivity contribution in [3.63, 3.8) is 0 Å². The van der Waals surface area contributed by atoms with E-state index in [-0.39, 0.29) is 0 Å². The molecule has 2 N–H and O–H groups in total. The summed E-state index contributed by atoms with van der Waals surface area (Å²) in [7, 11) is 0. The SMILES string of the molecule is CC(C)C1CCN(CC2CCCC(N)C2)CC1. The zero-order valence-electron chi connectivity index (χ0n) is 11.7. The summed E-state index contributed by atoms with van der Waals surface area (Å²) in [6, 6.07) is 0.488. The first-order valence-electron chi connectivity index (χ1n) is 7.63. The maximum atomic E-state index is 6.07. The van der Waals surface area contributed by atoms with Crippen molar-refractivity contribution >= 4 is 0 Å². The fourth-order valence-corrected chi connectivity index (χ4v) is 3.67. The molecule has 0 aromatic rings. The Morgan fingerprint density at radius 1 is 1.12 bits per heavy atom. The number of nitrogens with zero attached hydrogens (tertiary/aromatic N) is 1. The van der Waals surface area contributed by atoms with E-state index in [4.69, 9.17) is 5.73 Å². The molecule has 2 heteroatoms. The van der Waals surface area contributed by atoms with Crippen molar-refractivity contribution in [1.29, 1.82) is 0 Å². The van der Waals surface area contributed by atoms with Gasteiger partial charge in [-0.2, -0.15) is 0 Å². The molecule has 17 heavy (non-hydrogen) atoms. The Morgan fingerprint density at radius 2 is 1.82 bits per heavy atom. The van der Waals surface area contributed by atoms with Crippen LogP contribution in [0.1, 0.15) is 52.4 Å². The summed E-state index contributed by atoms with van der Waals surface area (Å²) in [5.74, 6) is 2.73. The second-order valence-corrected chi connectivity index (χ2v) is 6.67. The first-order valence-corrected chi connectivity index (χ1v) is 7.63. The molecule has 0 radical (unpaired) electrons. The molecule has 0 amide bonds. The molecule has 0 spiro atoms. The van der Waals surface area contributed by atoms with Crippen LogP contribution in [0.3, 0.4) is 0 Å². The summed E-state index contributed by atoms with van der Waals surface area (Å²) in [6.45, 7) is 8.72. The van der Waals surface area contributed by atoms with Crippen molar-refractivity contribution in [2.75, 3.05) is 19.6 Å². The molecule has 2 aliphatic rings. The Bertz CT molecular complexity index is 219. The number of hydrogen-bond acceptors (Lipinski definition) is 2. The molecule has 1 saturated heterocycles. The maximum absolute atomic E-state index is 6.07. The average molecular weight is 238 g/mol. The number of likely N-dealkylation sites (tertiary alicyclic amines) is 1. The molecule has 1 aliphatic carbocycles. The largest absolute Gasteiger partial charge is 0.328 e. The van der Waals surface area contributed by atoms with Gasteiger partial charge in [-0.15, -0.1) is 0 Å². The molecule has 0 bridgehead atoms. The van der Waals surface area contributed by atoms with E-state index in [1.807, 2.05) is 0 Å². The minimum atomic E-state index is 0.488. The van der Waals surface area contributed by atoms with Crippen LogP contribution in [0.15, 0.2) is 0 Å². The van der Waals surface area contributed by atoms with Gasteiger partial charge in [0.05, 0.1) is 0 Å². The maximum Gasteiger partial charge on any atom is 0.00419 e. The zero-order chi connectivity index (χ0) is 12.3. The minimum Gasteiger partial charge on any atom is -0.328 e. The van der Waals surface area contributed by atoms with Crippen LogP contribution in [0.25, 0.3) is 0 Å². The topological polar surface area (TPSA) is 29.3 Å². The van der Waals surface area contributed by atoms with Crippen molar-refractivity contribution in [2.45, 2.75) is 58.4 Å². The van der Waals surface area contributed by atoms with Gasteiger partial charge in [-0.25, -0.2) is 0 Å². The van der Waals surface area contributed by atoms with E-state index in [9.17, 15) is 0 Å². The molecule has 0 aromatic heterocycles. The van der Waals surface area contributed by atoms with Crippen LogP contribution < -0.4 is 5.73 Å². The summed E-state index contributed by atoms with van der Waals surface area (Å²) in [5, 5.41) is 0. The molecule has 2 fully saturated rings. The molecule has 2 unspecified atom stereocenters. The van der Waals surface area contributed by atoms with Gasteiger partial charge in [0.2, 0.25) is 0 Å². The van der Waals surface area contributed by atoms with Crippen molar-refractivity contribution in [3.05, 3.63) is 0 Å². The quantitative estimate of drug-likeness (QED) is 0.819. The van der Waals surface area contributed by atoms with Gasteiger partial charge in [-0.05, 0) is 62.9 Å². The number of hydrogen-bond donors (Lipinski definition) is 1. The molecule has 2 rings (SSSR count). The molecule has 2 atom stereocenters. The lowest BCUT2D eigenvalue weighted by Gasteiger charge is -2.37. The lowest BCUT2D eigenvalue weighted by atomic mass is 9.84. The van der Waals surface area contributed by atoms with Crippen LogP contribution in [-0.2, 0) is 0 Å². The Labute approximate surface area is 107 Å². The Hall–Kier alpha value is -0.0800. The fourth-order valence-electron chi connectivity index (χ4n) is 3.67. The molecule has 1 aliphatic heterocycles. The van der Waals surface area contributed by atoms with Gasteiger partial charge in [0.1, 0.15) is 0 Å².